The number of nitrogens with one attached hydrogen (secondary N) is 2. The number of halogens is 1. The summed E-state index contributed by atoms with van der Waals surface area (Å²) in [5, 5.41) is 10.2. The highest BCUT2D eigenvalue weighted by atomic mass is 35.5. The molecule has 1 fully saturated rings. The van der Waals surface area contributed by atoms with Gasteiger partial charge in [0.2, 0.25) is 11.8 Å². The van der Waals surface area contributed by atoms with Crippen LogP contribution in [0.25, 0.3) is 0 Å². The Bertz CT molecular complexity index is 574. The van der Waals surface area contributed by atoms with E-state index in [4.69, 9.17) is 11.1 Å². The molecule has 1 atom stereocenters. The molecule has 0 saturated carbocycles. The van der Waals surface area contributed by atoms with Crippen molar-refractivity contribution in [1.82, 2.24) is 10.2 Å². The predicted molar refractivity (Wildman–Crippen MR) is 91.6 cm³/mol. The molecule has 0 aliphatic carbocycles. The van der Waals surface area contributed by atoms with Gasteiger partial charge in [-0.15, -0.1) is 12.4 Å². The van der Waals surface area contributed by atoms with Crippen LogP contribution < -0.4 is 11.1 Å². The number of nitrogens with two attached hydrogens (primary N) is 1. The second-order valence-electron chi connectivity index (χ2n) is 5.43. The Morgan fingerprint density at radius 3 is 2.57 bits per heavy atom. The first-order valence-electron chi connectivity index (χ1n) is 7.53. The van der Waals surface area contributed by atoms with E-state index >= 15 is 0 Å². The smallest absolute Gasteiger partial charge is 0.243 e. The van der Waals surface area contributed by atoms with Crippen molar-refractivity contribution in [2.45, 2.75) is 38.8 Å². The SMILES string of the molecule is CCC(=O)N1CCC[C@H]1C(=O)NCc1ccc(C(=N)N)cc1.Cl. The summed E-state index contributed by atoms with van der Waals surface area (Å²) in [5.41, 5.74) is 6.99. The Kier molecular flexibility index (Phi) is 7.03. The molecule has 2 rings (SSSR count). The van der Waals surface area contributed by atoms with Crippen LogP contribution in [-0.4, -0.2) is 35.1 Å². The highest BCUT2D eigenvalue weighted by molar-refractivity contribution is 5.94. The summed E-state index contributed by atoms with van der Waals surface area (Å²) >= 11 is 0. The lowest BCUT2D eigenvalue weighted by Gasteiger charge is -2.23. The van der Waals surface area contributed by atoms with E-state index < -0.39 is 0 Å². The molecule has 0 radical (unpaired) electrons. The van der Waals surface area contributed by atoms with Gasteiger partial charge in [0, 0.05) is 25.1 Å². The standard InChI is InChI=1S/C16H22N4O2.ClH/c1-2-14(21)20-9-3-4-13(20)16(22)19-10-11-5-7-12(8-6-11)15(17)18;/h5-8,13H,2-4,9-10H2,1H3,(H3,17,18)(H,19,22);1H/t13-;/m0./s1. The molecule has 23 heavy (non-hydrogen) atoms. The third-order valence-electron chi connectivity index (χ3n) is 3.91. The second kappa shape index (κ2) is 8.53. The fourth-order valence-corrected chi connectivity index (χ4v) is 2.65. The number of carbonyl (C=O) groups is 2. The maximum absolute atomic E-state index is 12.3. The van der Waals surface area contributed by atoms with Gasteiger partial charge >= 0.3 is 0 Å². The van der Waals surface area contributed by atoms with Crippen LogP contribution in [0.3, 0.4) is 0 Å². The Morgan fingerprint density at radius 2 is 2.00 bits per heavy atom. The molecule has 1 aromatic rings. The van der Waals surface area contributed by atoms with Crippen molar-refractivity contribution in [2.75, 3.05) is 6.54 Å². The number of nitrogens with zero attached hydrogens (tertiary/aromatic N) is 1. The first-order chi connectivity index (χ1) is 10.5. The van der Waals surface area contributed by atoms with Crippen LogP contribution >= 0.6 is 12.4 Å². The Balaban J connectivity index is 0.00000264. The maximum atomic E-state index is 12.3. The normalized spacial score (nSPS) is 16.6. The molecule has 126 valence electrons. The number of hydrogen-bond acceptors (Lipinski definition) is 3. The number of benzene rings is 1. The summed E-state index contributed by atoms with van der Waals surface area (Å²) in [6.45, 7) is 2.88. The molecule has 0 aromatic heterocycles. The van der Waals surface area contributed by atoms with Crippen molar-refractivity contribution in [3.8, 4) is 0 Å². The molecule has 1 saturated heterocycles. The van der Waals surface area contributed by atoms with E-state index in [0.29, 0.717) is 25.1 Å². The van der Waals surface area contributed by atoms with Crippen molar-refractivity contribution in [3.63, 3.8) is 0 Å². The van der Waals surface area contributed by atoms with Gasteiger partial charge in [0.05, 0.1) is 0 Å². The Labute approximate surface area is 142 Å². The molecule has 2 amide bonds. The summed E-state index contributed by atoms with van der Waals surface area (Å²) in [5.74, 6) is -0.0475. The Hall–Kier alpha value is -2.08. The summed E-state index contributed by atoms with van der Waals surface area (Å²) < 4.78 is 0. The van der Waals surface area contributed by atoms with E-state index in [1.54, 1.807) is 17.0 Å². The number of carbonyl (C=O) groups excluding carboxylic acids is 2. The predicted octanol–water partition coefficient (Wildman–Crippen LogP) is 1.41. The average Bonchev–Trinajstić information content (AvgIpc) is 3.01. The molecule has 1 heterocycles. The van der Waals surface area contributed by atoms with E-state index in [2.05, 4.69) is 5.32 Å². The van der Waals surface area contributed by atoms with Gasteiger partial charge in [0.15, 0.2) is 0 Å². The molecule has 1 aliphatic heterocycles. The number of amidine groups is 1. The molecule has 0 unspecified atom stereocenters. The number of rotatable bonds is 5. The molecule has 1 aliphatic rings. The van der Waals surface area contributed by atoms with Gasteiger partial charge in [-0.1, -0.05) is 31.2 Å². The van der Waals surface area contributed by atoms with Crippen LogP contribution in [0.15, 0.2) is 24.3 Å². The Morgan fingerprint density at radius 1 is 1.35 bits per heavy atom. The largest absolute Gasteiger partial charge is 0.384 e. The van der Waals surface area contributed by atoms with Crippen molar-refractivity contribution < 1.29 is 9.59 Å². The van der Waals surface area contributed by atoms with Gasteiger partial charge in [-0.3, -0.25) is 15.0 Å². The van der Waals surface area contributed by atoms with Crippen LogP contribution in [0, 0.1) is 5.41 Å². The van der Waals surface area contributed by atoms with E-state index in [1.165, 1.54) is 0 Å². The van der Waals surface area contributed by atoms with Gasteiger partial charge in [-0.25, -0.2) is 0 Å². The van der Waals surface area contributed by atoms with Crippen LogP contribution in [-0.2, 0) is 16.1 Å². The molecule has 0 spiro atoms. The van der Waals surface area contributed by atoms with Crippen LogP contribution in [0.4, 0.5) is 0 Å². The van der Waals surface area contributed by atoms with Crippen molar-refractivity contribution in [3.05, 3.63) is 35.4 Å². The number of amides is 2. The maximum Gasteiger partial charge on any atom is 0.243 e. The minimum atomic E-state index is -0.344. The van der Waals surface area contributed by atoms with Crippen LogP contribution in [0.5, 0.6) is 0 Å². The van der Waals surface area contributed by atoms with E-state index in [0.717, 1.165) is 18.4 Å². The molecule has 4 N–H and O–H groups in total. The highest BCUT2D eigenvalue weighted by Crippen LogP contribution is 2.18. The monoisotopic (exact) mass is 338 g/mol. The number of nitrogen functional groups attached to an aromatic ring is 1. The number of hydrogen-bond donors (Lipinski definition) is 3. The van der Waals surface area contributed by atoms with Crippen LogP contribution in [0.1, 0.15) is 37.3 Å². The lowest BCUT2D eigenvalue weighted by molar-refractivity contribution is -0.138. The van der Waals surface area contributed by atoms with Gasteiger partial charge in [-0.2, -0.15) is 0 Å². The van der Waals surface area contributed by atoms with Gasteiger partial charge in [-0.05, 0) is 18.4 Å². The molecular formula is C16H23ClN4O2. The van der Waals surface area contributed by atoms with Crippen molar-refractivity contribution in [1.29, 1.82) is 5.41 Å². The third-order valence-corrected chi connectivity index (χ3v) is 3.91. The highest BCUT2D eigenvalue weighted by Gasteiger charge is 2.32. The lowest BCUT2D eigenvalue weighted by Crippen LogP contribution is -2.45. The van der Waals surface area contributed by atoms with Gasteiger partial charge in [0.1, 0.15) is 11.9 Å². The minimum Gasteiger partial charge on any atom is -0.384 e. The fourth-order valence-electron chi connectivity index (χ4n) is 2.65. The second-order valence-corrected chi connectivity index (χ2v) is 5.43. The first kappa shape index (κ1) is 19.0. The van der Waals surface area contributed by atoms with E-state index in [-0.39, 0.29) is 36.1 Å². The number of likely N-dealkylation sites (tertiary alicyclic amines) is 1. The molecule has 1 aromatic carbocycles. The zero-order chi connectivity index (χ0) is 16.1. The quantitative estimate of drug-likeness (QED) is 0.559. The molecular weight excluding hydrogens is 316 g/mol. The summed E-state index contributed by atoms with van der Waals surface area (Å²) in [6, 6.07) is 6.84. The van der Waals surface area contributed by atoms with E-state index in [9.17, 15) is 9.59 Å². The first-order valence-corrected chi connectivity index (χ1v) is 7.53. The fraction of sp³-hybridized carbons (Fsp3) is 0.438. The summed E-state index contributed by atoms with van der Waals surface area (Å²) in [4.78, 5) is 25.8. The molecule has 7 heteroatoms. The average molecular weight is 339 g/mol. The van der Waals surface area contributed by atoms with Crippen LogP contribution in [0.2, 0.25) is 0 Å². The minimum absolute atomic E-state index is 0. The van der Waals surface area contributed by atoms with Crippen molar-refractivity contribution in [2.24, 2.45) is 5.73 Å². The van der Waals surface area contributed by atoms with Crippen molar-refractivity contribution >= 4 is 30.1 Å². The summed E-state index contributed by atoms with van der Waals surface area (Å²) in [7, 11) is 0. The van der Waals surface area contributed by atoms with E-state index in [1.807, 2.05) is 19.1 Å². The third kappa shape index (κ3) is 4.69. The lowest BCUT2D eigenvalue weighted by atomic mass is 10.1. The zero-order valence-electron chi connectivity index (χ0n) is 13.2. The molecule has 6 nitrogen and oxygen atoms in total. The zero-order valence-corrected chi connectivity index (χ0v) is 14.0. The topological polar surface area (TPSA) is 99.3 Å². The summed E-state index contributed by atoms with van der Waals surface area (Å²) in [6.07, 6.45) is 2.02. The molecule has 0 bridgehead atoms. The van der Waals surface area contributed by atoms with Gasteiger partial charge < -0.3 is 16.0 Å². The van der Waals surface area contributed by atoms with Gasteiger partial charge in [0.25, 0.3) is 0 Å².